The molecule has 0 aliphatic carbocycles. The molecule has 8 aromatic carbocycles. The Balaban J connectivity index is 0.00000200. The van der Waals surface area contributed by atoms with Crippen molar-refractivity contribution in [3.63, 3.8) is 0 Å². The standard InChI is InChI=1S/C52H54Si.2ClH.Zr/c1-5-7-9-11-23-41-35-39-27-19-33-47(45-31-17-25-37-21-13-15-29-43(37)45)49(39)51(41)53(3,4)52-42(24-12-10-8-6-2)36-40-28-20-34-48(50(40)52)46-32-18-26-38-22-14-16-30-44(38)46;;;/h13-22,25-36H,5-12,23-24H2,1-4H3;2*1H;/q-2;;;+4/p-2. The Morgan fingerprint density at radius 1 is 0.429 bits per heavy atom. The van der Waals surface area contributed by atoms with E-state index in [4.69, 9.17) is 0 Å². The molecule has 56 heavy (non-hydrogen) atoms. The van der Waals surface area contributed by atoms with Gasteiger partial charge in [-0.2, -0.15) is 10.4 Å². The van der Waals surface area contributed by atoms with E-state index in [1.165, 1.54) is 117 Å². The van der Waals surface area contributed by atoms with E-state index in [0.29, 0.717) is 0 Å². The predicted octanol–water partition coefficient (Wildman–Crippen LogP) is 8.14. The SMILES string of the molecule is CCCCCCc1[cH-]c2cccc(-c3cccc4ccccc34)c2c1[Si](C)(C)c1c(CCCCCC)[cH-]c2cccc(-c3cccc4ccccc34)c12.[Cl-].[Cl-].[Zr+4]. The summed E-state index contributed by atoms with van der Waals surface area (Å²) >= 11 is 0. The summed E-state index contributed by atoms with van der Waals surface area (Å²) in [6, 6.07) is 51.0. The monoisotopic (exact) mass is 866 g/mol. The average molecular weight is 869 g/mol. The van der Waals surface area contributed by atoms with Crippen molar-refractivity contribution in [3.8, 4) is 22.3 Å². The normalized spacial score (nSPS) is 11.5. The molecule has 0 saturated carbocycles. The van der Waals surface area contributed by atoms with Crippen LogP contribution in [0.5, 0.6) is 0 Å². The Morgan fingerprint density at radius 3 is 1.23 bits per heavy atom. The molecular formula is C52H54Cl2SiZr. The maximum atomic E-state index is 2.70. The minimum atomic E-state index is -2.37. The molecular weight excluding hydrogens is 815 g/mol. The van der Waals surface area contributed by atoms with Crippen LogP contribution >= 0.6 is 0 Å². The molecule has 0 radical (unpaired) electrons. The van der Waals surface area contributed by atoms with E-state index in [1.807, 2.05) is 0 Å². The van der Waals surface area contributed by atoms with E-state index in [2.05, 4.69) is 160 Å². The van der Waals surface area contributed by atoms with Crippen molar-refractivity contribution in [3.05, 3.63) is 145 Å². The molecule has 8 rings (SSSR count). The quantitative estimate of drug-likeness (QED) is 0.0589. The molecule has 0 nitrogen and oxygen atoms in total. The summed E-state index contributed by atoms with van der Waals surface area (Å²) in [6.07, 6.45) is 12.5. The number of unbranched alkanes of at least 4 members (excludes halogenated alkanes) is 6. The number of benzene rings is 6. The van der Waals surface area contributed by atoms with Crippen LogP contribution in [0.25, 0.3) is 65.3 Å². The topological polar surface area (TPSA) is 0 Å². The second kappa shape index (κ2) is 19.5. The maximum absolute atomic E-state index is 2.70. The first-order valence-electron chi connectivity index (χ1n) is 20.4. The second-order valence-electron chi connectivity index (χ2n) is 15.9. The van der Waals surface area contributed by atoms with Gasteiger partial charge < -0.3 is 24.8 Å². The van der Waals surface area contributed by atoms with Crippen molar-refractivity contribution in [2.24, 2.45) is 0 Å². The fraction of sp³-hybridized carbons (Fsp3) is 0.269. The Kier molecular flexibility index (Phi) is 15.2. The molecule has 0 bridgehead atoms. The van der Waals surface area contributed by atoms with E-state index < -0.39 is 8.07 Å². The summed E-state index contributed by atoms with van der Waals surface area (Å²) in [7, 11) is -2.37. The molecule has 4 heteroatoms. The first-order valence-corrected chi connectivity index (χ1v) is 23.4. The summed E-state index contributed by atoms with van der Waals surface area (Å²) in [5, 5.41) is 14.5. The molecule has 0 saturated heterocycles. The minimum absolute atomic E-state index is 0. The van der Waals surface area contributed by atoms with Gasteiger partial charge in [0.15, 0.2) is 0 Å². The summed E-state index contributed by atoms with van der Waals surface area (Å²) in [5.41, 5.74) is 8.68. The molecule has 0 unspecified atom stereocenters. The Hall–Kier alpha value is -3.26. The molecule has 0 fully saturated rings. The third-order valence-electron chi connectivity index (χ3n) is 12.0. The predicted molar refractivity (Wildman–Crippen MR) is 237 cm³/mol. The van der Waals surface area contributed by atoms with Gasteiger partial charge in [-0.05, 0) is 45.5 Å². The second-order valence-corrected chi connectivity index (χ2v) is 20.2. The molecule has 0 heterocycles. The fourth-order valence-electron chi connectivity index (χ4n) is 9.58. The zero-order valence-corrected chi connectivity index (χ0v) is 38.5. The summed E-state index contributed by atoms with van der Waals surface area (Å²) in [6.45, 7) is 10.0. The molecule has 0 amide bonds. The van der Waals surface area contributed by atoms with E-state index in [9.17, 15) is 0 Å². The smallest absolute Gasteiger partial charge is 1.00 e. The van der Waals surface area contributed by atoms with Gasteiger partial charge in [0.1, 0.15) is 0 Å². The zero-order valence-electron chi connectivity index (χ0n) is 33.5. The molecule has 0 aliphatic rings. The Bertz CT molecular complexity index is 2350. The van der Waals surface area contributed by atoms with Crippen LogP contribution in [0.1, 0.15) is 76.3 Å². The summed E-state index contributed by atoms with van der Waals surface area (Å²) < 4.78 is 0. The Morgan fingerprint density at radius 2 is 0.804 bits per heavy atom. The maximum Gasteiger partial charge on any atom is 4.00 e. The summed E-state index contributed by atoms with van der Waals surface area (Å²) in [4.78, 5) is 0. The molecule has 0 aliphatic heterocycles. The van der Waals surface area contributed by atoms with Gasteiger partial charge in [-0.15, -0.1) is 69.1 Å². The van der Waals surface area contributed by atoms with E-state index in [0.717, 1.165) is 12.8 Å². The largest absolute Gasteiger partial charge is 4.00 e. The average Bonchev–Trinajstić information content (AvgIpc) is 3.77. The number of rotatable bonds is 14. The van der Waals surface area contributed by atoms with Gasteiger partial charge in [0.25, 0.3) is 0 Å². The molecule has 8 aromatic rings. The van der Waals surface area contributed by atoms with E-state index >= 15 is 0 Å². The van der Waals surface area contributed by atoms with Crippen LogP contribution in [-0.4, -0.2) is 8.07 Å². The van der Waals surface area contributed by atoms with Gasteiger partial charge in [-0.3, -0.25) is 0 Å². The van der Waals surface area contributed by atoms with Gasteiger partial charge in [-0.1, -0.05) is 186 Å². The first-order chi connectivity index (χ1) is 26.0. The van der Waals surface area contributed by atoms with Gasteiger partial charge >= 0.3 is 26.2 Å². The molecule has 0 aromatic heterocycles. The van der Waals surface area contributed by atoms with Crippen molar-refractivity contribution in [1.82, 2.24) is 0 Å². The number of hydrogen-bond donors (Lipinski definition) is 0. The number of halogens is 2. The number of fused-ring (bicyclic) bond motifs is 4. The van der Waals surface area contributed by atoms with Crippen molar-refractivity contribution in [2.75, 3.05) is 0 Å². The van der Waals surface area contributed by atoms with Crippen LogP contribution < -0.4 is 35.2 Å². The third kappa shape index (κ3) is 8.33. The molecule has 0 N–H and O–H groups in total. The van der Waals surface area contributed by atoms with Crippen LogP contribution in [-0.2, 0) is 39.0 Å². The van der Waals surface area contributed by atoms with Crippen LogP contribution in [0, 0.1) is 0 Å². The molecule has 284 valence electrons. The van der Waals surface area contributed by atoms with E-state index in [-0.39, 0.29) is 51.0 Å². The van der Waals surface area contributed by atoms with Crippen molar-refractivity contribution in [1.29, 1.82) is 0 Å². The van der Waals surface area contributed by atoms with Crippen LogP contribution in [0.4, 0.5) is 0 Å². The van der Waals surface area contributed by atoms with Crippen molar-refractivity contribution in [2.45, 2.75) is 91.1 Å². The zero-order chi connectivity index (χ0) is 36.4. The molecule has 0 spiro atoms. The van der Waals surface area contributed by atoms with Gasteiger partial charge in [0, 0.05) is 8.07 Å². The van der Waals surface area contributed by atoms with Gasteiger partial charge in [-0.25, -0.2) is 0 Å². The van der Waals surface area contributed by atoms with Gasteiger partial charge in [0.2, 0.25) is 0 Å². The summed E-state index contributed by atoms with van der Waals surface area (Å²) in [5.74, 6) is 0. The third-order valence-corrected chi connectivity index (χ3v) is 15.6. The molecule has 0 atom stereocenters. The first kappa shape index (κ1) is 43.9. The minimum Gasteiger partial charge on any atom is -1.00 e. The number of hydrogen-bond acceptors (Lipinski definition) is 0. The van der Waals surface area contributed by atoms with Crippen LogP contribution in [0.15, 0.2) is 133 Å². The van der Waals surface area contributed by atoms with E-state index in [1.54, 1.807) is 21.5 Å². The van der Waals surface area contributed by atoms with Crippen molar-refractivity contribution >= 4 is 61.5 Å². The van der Waals surface area contributed by atoms with Crippen LogP contribution in [0.3, 0.4) is 0 Å². The fourth-order valence-corrected chi connectivity index (χ4v) is 13.6. The van der Waals surface area contributed by atoms with Crippen LogP contribution in [0.2, 0.25) is 13.1 Å². The Labute approximate surface area is 367 Å². The van der Waals surface area contributed by atoms with Crippen molar-refractivity contribution < 1.29 is 51.0 Å². The van der Waals surface area contributed by atoms with Gasteiger partial charge in [0.05, 0.1) is 0 Å². The number of aryl methyl sites for hydroxylation is 2.